The zero-order chi connectivity index (χ0) is 29.9. The van der Waals surface area contributed by atoms with E-state index in [1.54, 1.807) is 23.1 Å². The third-order valence-corrected chi connectivity index (χ3v) is 8.66. The van der Waals surface area contributed by atoms with Crippen molar-refractivity contribution in [2.75, 3.05) is 38.4 Å². The first kappa shape index (κ1) is 34.9. The molecule has 0 saturated carbocycles. The van der Waals surface area contributed by atoms with Crippen molar-refractivity contribution < 1.29 is 0 Å². The van der Waals surface area contributed by atoms with Gasteiger partial charge in [0.05, 0.1) is 10.6 Å². The molecule has 39 heavy (non-hydrogen) atoms. The maximum Gasteiger partial charge on any atom is 0.187 e. The number of allylic oxidation sites excluding steroid dienone is 1. The van der Waals surface area contributed by atoms with Gasteiger partial charge in [-0.2, -0.15) is 0 Å². The molecule has 7 heteroatoms. The number of rotatable bonds is 9. The van der Waals surface area contributed by atoms with Crippen LogP contribution >= 0.6 is 32.3 Å². The molecule has 0 amide bonds. The van der Waals surface area contributed by atoms with E-state index in [0.717, 1.165) is 32.8 Å². The van der Waals surface area contributed by atoms with Crippen LogP contribution in [0.1, 0.15) is 67.4 Å². The minimum Gasteiger partial charge on any atom is -0.377 e. The van der Waals surface area contributed by atoms with Crippen molar-refractivity contribution in [3.63, 3.8) is 0 Å². The summed E-state index contributed by atoms with van der Waals surface area (Å²) in [6, 6.07) is 10.8. The van der Waals surface area contributed by atoms with Gasteiger partial charge in [0, 0.05) is 42.2 Å². The number of aryl methyl sites for hydroxylation is 2. The van der Waals surface area contributed by atoms with E-state index in [0.29, 0.717) is 0 Å². The molecule has 0 bridgehead atoms. The van der Waals surface area contributed by atoms with Gasteiger partial charge in [-0.3, -0.25) is 0 Å². The minimum absolute atomic E-state index is 0.886. The number of benzene rings is 2. The summed E-state index contributed by atoms with van der Waals surface area (Å²) in [6.07, 6.45) is 0. The fourth-order valence-corrected chi connectivity index (χ4v) is 6.60. The molecule has 1 N–H and O–H groups in total. The van der Waals surface area contributed by atoms with E-state index in [4.69, 9.17) is 4.98 Å². The molecule has 2 aromatic carbocycles. The molecule has 1 unspecified atom stereocenters. The fourth-order valence-electron chi connectivity index (χ4n) is 3.99. The molecule has 1 aromatic heterocycles. The highest BCUT2D eigenvalue weighted by Crippen LogP contribution is 2.38. The number of thioether (sulfide) groups is 1. The van der Waals surface area contributed by atoms with Crippen molar-refractivity contribution in [3.8, 4) is 0 Å². The average Bonchev–Trinajstić information content (AvgIpc) is 3.27. The van der Waals surface area contributed by atoms with Gasteiger partial charge in [0.25, 0.3) is 0 Å². The average molecular weight is 585 g/mol. The lowest BCUT2D eigenvalue weighted by Crippen LogP contribution is -2.20. The summed E-state index contributed by atoms with van der Waals surface area (Å²) in [5, 5.41) is 7.77. The number of nitrogens with zero attached hydrogens (tertiary/aromatic N) is 3. The van der Waals surface area contributed by atoms with Crippen molar-refractivity contribution >= 4 is 64.6 Å². The third kappa shape index (κ3) is 9.79. The summed E-state index contributed by atoms with van der Waals surface area (Å²) in [6.45, 7) is 21.9. The van der Waals surface area contributed by atoms with Gasteiger partial charge in [-0.25, -0.2) is 4.98 Å². The van der Waals surface area contributed by atoms with Crippen LogP contribution in [0, 0.1) is 20.8 Å². The van der Waals surface area contributed by atoms with Gasteiger partial charge in [-0.05, 0) is 87.2 Å². The summed E-state index contributed by atoms with van der Waals surface area (Å²) in [5.74, 6) is 0. The number of anilines is 3. The van der Waals surface area contributed by atoms with Crippen LogP contribution in [0.15, 0.2) is 42.3 Å². The Morgan fingerprint density at radius 3 is 2.18 bits per heavy atom. The number of hydrogen-bond acceptors (Lipinski definition) is 6. The first-order valence-corrected chi connectivity index (χ1v) is 15.8. The van der Waals surface area contributed by atoms with Crippen LogP contribution in [-0.4, -0.2) is 38.1 Å². The second kappa shape index (κ2) is 16.9. The summed E-state index contributed by atoms with van der Waals surface area (Å²) in [4.78, 5) is 11.2. The zero-order valence-electron chi connectivity index (χ0n) is 26.1. The van der Waals surface area contributed by atoms with Gasteiger partial charge in [-0.1, -0.05) is 75.6 Å². The normalized spacial score (nSPS) is 10.9. The van der Waals surface area contributed by atoms with Gasteiger partial charge >= 0.3 is 0 Å². The Morgan fingerprint density at radius 1 is 1.05 bits per heavy atom. The molecule has 0 aliphatic carbocycles. The molecule has 3 aromatic rings. The Balaban J connectivity index is 0.00000181. The highest BCUT2D eigenvalue weighted by atomic mass is 32.2. The summed E-state index contributed by atoms with van der Waals surface area (Å²) in [7, 11) is 11.3. The molecule has 214 valence electrons. The number of aromatic nitrogens is 1. The van der Waals surface area contributed by atoms with Crippen LogP contribution in [0.2, 0.25) is 0 Å². The molecule has 0 aliphatic heterocycles. The molecule has 3 rings (SSSR count). The molecule has 0 aliphatic rings. The van der Waals surface area contributed by atoms with Crippen LogP contribution in [0.5, 0.6) is 0 Å². The Hall–Kier alpha value is -2.11. The Kier molecular flexibility index (Phi) is 15.1. The maximum atomic E-state index is 4.74. The highest BCUT2D eigenvalue weighted by Gasteiger charge is 2.15. The van der Waals surface area contributed by atoms with Crippen molar-refractivity contribution in [2.24, 2.45) is 0 Å². The molecule has 1 heterocycles. The van der Waals surface area contributed by atoms with Crippen LogP contribution in [0.25, 0.3) is 10.5 Å². The molecule has 0 spiro atoms. The zero-order valence-corrected chi connectivity index (χ0v) is 28.9. The molecular weight excluding hydrogens is 535 g/mol. The highest BCUT2D eigenvalue weighted by molar-refractivity contribution is 8.11. The van der Waals surface area contributed by atoms with Gasteiger partial charge in [0.1, 0.15) is 0 Å². The third-order valence-electron chi connectivity index (χ3n) is 5.86. The van der Waals surface area contributed by atoms with Gasteiger partial charge in [-0.15, -0.1) is 9.24 Å². The van der Waals surface area contributed by atoms with E-state index in [1.165, 1.54) is 38.8 Å². The van der Waals surface area contributed by atoms with Crippen molar-refractivity contribution in [1.29, 1.82) is 0 Å². The van der Waals surface area contributed by atoms with Crippen molar-refractivity contribution in [1.82, 2.24) is 9.88 Å². The predicted molar refractivity (Wildman–Crippen MR) is 187 cm³/mol. The van der Waals surface area contributed by atoms with Gasteiger partial charge in [0.2, 0.25) is 0 Å². The summed E-state index contributed by atoms with van der Waals surface area (Å²) in [5.41, 5.74) is 9.70. The van der Waals surface area contributed by atoms with Gasteiger partial charge in [0.15, 0.2) is 5.13 Å². The molecule has 1 atom stereocenters. The first-order valence-electron chi connectivity index (χ1n) is 13.6. The van der Waals surface area contributed by atoms with E-state index in [1.807, 2.05) is 34.6 Å². The molecular formula is C32H49N4PS2. The predicted octanol–water partition coefficient (Wildman–Crippen LogP) is 9.26. The molecule has 4 nitrogen and oxygen atoms in total. The number of nitrogens with one attached hydrogen (secondary N) is 1. The van der Waals surface area contributed by atoms with Crippen molar-refractivity contribution in [2.45, 2.75) is 61.9 Å². The van der Waals surface area contributed by atoms with E-state index in [9.17, 15) is 0 Å². The van der Waals surface area contributed by atoms with E-state index in [-0.39, 0.29) is 0 Å². The number of thiazole rings is 1. The minimum atomic E-state index is 0.886. The molecule has 0 fully saturated rings. The van der Waals surface area contributed by atoms with Crippen molar-refractivity contribution in [3.05, 3.63) is 75.1 Å². The fraction of sp³-hybridized carbons (Fsp3) is 0.406. The van der Waals surface area contributed by atoms with Crippen LogP contribution < -0.4 is 15.5 Å². The number of hydrogen-bond donors (Lipinski definition) is 1. The summed E-state index contributed by atoms with van der Waals surface area (Å²) >= 11 is 3.31. The Bertz CT molecular complexity index is 1240. The summed E-state index contributed by atoms with van der Waals surface area (Å²) < 4.78 is 0. The van der Waals surface area contributed by atoms with E-state index < -0.39 is 0 Å². The standard InChI is InChI=1S/C28H37N4PS2.2C2H6/c1-17-14-24(26(33)25(19(17)3)32(8)9)18(2)16-34-21(5)27-20(4)29-28(35-27)30-23-12-10-22(11-13-23)15-31(6)7;2*1-2/h10-14,16H,5,15,33H2,1-4,6-9H3,(H,29,30);2*1-2H3/b18-16+;;. The quantitative estimate of drug-likeness (QED) is 0.253. The van der Waals surface area contributed by atoms with Gasteiger partial charge < -0.3 is 15.1 Å². The maximum absolute atomic E-state index is 4.74. The largest absolute Gasteiger partial charge is 0.377 e. The molecule has 0 saturated heterocycles. The smallest absolute Gasteiger partial charge is 0.187 e. The lowest BCUT2D eigenvalue weighted by atomic mass is 9.99. The van der Waals surface area contributed by atoms with Crippen LogP contribution in [-0.2, 0) is 6.54 Å². The Morgan fingerprint density at radius 2 is 1.64 bits per heavy atom. The van der Waals surface area contributed by atoms with E-state index >= 15 is 0 Å². The Labute approximate surface area is 249 Å². The second-order valence-corrected chi connectivity index (χ2v) is 11.9. The lowest BCUT2D eigenvalue weighted by molar-refractivity contribution is 0.402. The van der Waals surface area contributed by atoms with Crippen LogP contribution in [0.3, 0.4) is 0 Å². The lowest BCUT2D eigenvalue weighted by Gasteiger charge is -2.23. The van der Waals surface area contributed by atoms with E-state index in [2.05, 4.69) is 116 Å². The van der Waals surface area contributed by atoms with Crippen LogP contribution in [0.4, 0.5) is 16.5 Å². The first-order chi connectivity index (χ1) is 18.5. The SMILES string of the molecule is C=C(S/C=C(\C)c1cc(C)c(C)c(N(C)C)c1P)c1sc(Nc2ccc(CN(C)C)cc2)nc1C.CC.CC. The topological polar surface area (TPSA) is 31.4 Å². The second-order valence-electron chi connectivity index (χ2n) is 9.36. The molecule has 0 radical (unpaired) electrons. The monoisotopic (exact) mass is 584 g/mol.